The molecule has 0 amide bonds. The van der Waals surface area contributed by atoms with Crippen LogP contribution < -0.4 is 0 Å². The van der Waals surface area contributed by atoms with E-state index in [1.807, 2.05) is 0 Å². The van der Waals surface area contributed by atoms with Crippen molar-refractivity contribution in [2.75, 3.05) is 0 Å². The van der Waals surface area contributed by atoms with Crippen LogP contribution in [0.4, 0.5) is 8.78 Å². The Morgan fingerprint density at radius 1 is 1.38 bits per heavy atom. The molecule has 0 N–H and O–H groups in total. The van der Waals surface area contributed by atoms with E-state index in [1.165, 1.54) is 0 Å². The van der Waals surface area contributed by atoms with E-state index >= 15 is 0 Å². The molecule has 1 aromatic rings. The molecule has 0 spiro atoms. The fraction of sp³-hybridized carbons (Fsp3) is 0. The van der Waals surface area contributed by atoms with Crippen LogP contribution in [0.15, 0.2) is 24.3 Å². The molecule has 1 nitrogen and oxygen atoms in total. The monoisotopic (exact) mass is 202 g/mol. The van der Waals surface area contributed by atoms with E-state index in [9.17, 15) is 13.6 Å². The lowest BCUT2D eigenvalue weighted by atomic mass is 10.2. The van der Waals surface area contributed by atoms with Gasteiger partial charge in [-0.2, -0.15) is 0 Å². The van der Waals surface area contributed by atoms with Crippen molar-refractivity contribution >= 4 is 22.9 Å². The van der Waals surface area contributed by atoms with Crippen LogP contribution in [0, 0.1) is 11.6 Å². The Kier molecular flexibility index (Phi) is 3.14. The average Bonchev–Trinajstić information content (AvgIpc) is 2.06. The molecule has 13 heavy (non-hydrogen) atoms. The third-order valence-corrected chi connectivity index (χ3v) is 1.48. The molecule has 4 heteroatoms. The Hall–Kier alpha value is -1.22. The Labute approximate surface area is 78.6 Å². The summed E-state index contributed by atoms with van der Waals surface area (Å²) >= 11 is 4.98. The van der Waals surface area contributed by atoms with E-state index in [2.05, 4.69) is 0 Å². The van der Waals surface area contributed by atoms with Crippen LogP contribution in [-0.4, -0.2) is 5.24 Å². The summed E-state index contributed by atoms with van der Waals surface area (Å²) < 4.78 is 25.4. The van der Waals surface area contributed by atoms with Gasteiger partial charge in [0.25, 0.3) is 0 Å². The summed E-state index contributed by atoms with van der Waals surface area (Å²) in [5.41, 5.74) is -0.00556. The van der Waals surface area contributed by atoms with E-state index in [4.69, 9.17) is 11.6 Å². The topological polar surface area (TPSA) is 17.1 Å². The van der Waals surface area contributed by atoms with Crippen molar-refractivity contribution in [3.05, 3.63) is 41.5 Å². The SMILES string of the molecule is O=C(Cl)/C=C/c1cc(F)ccc1F. The first-order valence-electron chi connectivity index (χ1n) is 3.42. The highest BCUT2D eigenvalue weighted by Gasteiger charge is 2.00. The van der Waals surface area contributed by atoms with Gasteiger partial charge in [-0.1, -0.05) is 0 Å². The van der Waals surface area contributed by atoms with Gasteiger partial charge in [-0.3, -0.25) is 4.79 Å². The smallest absolute Gasteiger partial charge is 0.245 e. The highest BCUT2D eigenvalue weighted by Crippen LogP contribution is 2.11. The molecule has 0 saturated carbocycles. The molecular weight excluding hydrogens is 198 g/mol. The van der Waals surface area contributed by atoms with Crippen LogP contribution in [0.2, 0.25) is 0 Å². The van der Waals surface area contributed by atoms with Gasteiger partial charge in [0, 0.05) is 5.56 Å². The summed E-state index contributed by atoms with van der Waals surface area (Å²) in [6.45, 7) is 0. The van der Waals surface area contributed by atoms with Crippen molar-refractivity contribution in [1.29, 1.82) is 0 Å². The van der Waals surface area contributed by atoms with Crippen LogP contribution >= 0.6 is 11.6 Å². The maximum Gasteiger partial charge on any atom is 0.245 e. The minimum absolute atomic E-state index is 0.00556. The van der Waals surface area contributed by atoms with Crippen molar-refractivity contribution in [3.8, 4) is 0 Å². The van der Waals surface area contributed by atoms with Crippen molar-refractivity contribution in [1.82, 2.24) is 0 Å². The molecule has 0 aliphatic rings. The number of carbonyl (C=O) groups is 1. The zero-order valence-electron chi connectivity index (χ0n) is 6.43. The minimum atomic E-state index is -0.733. The van der Waals surface area contributed by atoms with E-state index in [1.54, 1.807) is 0 Å². The molecule has 68 valence electrons. The minimum Gasteiger partial charge on any atom is -0.276 e. The number of benzene rings is 1. The lowest BCUT2D eigenvalue weighted by Gasteiger charge is -1.95. The second kappa shape index (κ2) is 4.14. The Morgan fingerprint density at radius 2 is 2.08 bits per heavy atom. The molecule has 0 radical (unpaired) electrons. The quantitative estimate of drug-likeness (QED) is 0.532. The first-order valence-corrected chi connectivity index (χ1v) is 3.80. The first-order chi connectivity index (χ1) is 6.09. The second-order valence-electron chi connectivity index (χ2n) is 2.30. The maximum absolute atomic E-state index is 12.8. The fourth-order valence-electron chi connectivity index (χ4n) is 0.798. The zero-order chi connectivity index (χ0) is 9.84. The van der Waals surface area contributed by atoms with Crippen molar-refractivity contribution in [2.45, 2.75) is 0 Å². The maximum atomic E-state index is 12.8. The Morgan fingerprint density at radius 3 is 2.69 bits per heavy atom. The highest BCUT2D eigenvalue weighted by atomic mass is 35.5. The highest BCUT2D eigenvalue weighted by molar-refractivity contribution is 6.66. The predicted octanol–water partition coefficient (Wildman–Crippen LogP) is 2.74. The Bertz CT molecular complexity index is 361. The van der Waals surface area contributed by atoms with Gasteiger partial charge in [0.05, 0.1) is 0 Å². The third-order valence-electron chi connectivity index (χ3n) is 1.35. The van der Waals surface area contributed by atoms with E-state index in [0.29, 0.717) is 0 Å². The molecule has 0 unspecified atom stereocenters. The van der Waals surface area contributed by atoms with Crippen LogP contribution in [0.25, 0.3) is 6.08 Å². The van der Waals surface area contributed by atoms with Gasteiger partial charge in [0.2, 0.25) is 5.24 Å². The van der Waals surface area contributed by atoms with Gasteiger partial charge in [0.15, 0.2) is 0 Å². The average molecular weight is 203 g/mol. The summed E-state index contributed by atoms with van der Waals surface area (Å²) in [5.74, 6) is -1.17. The summed E-state index contributed by atoms with van der Waals surface area (Å²) in [6, 6.07) is 2.95. The van der Waals surface area contributed by atoms with Gasteiger partial charge in [-0.25, -0.2) is 8.78 Å². The van der Waals surface area contributed by atoms with Gasteiger partial charge < -0.3 is 0 Å². The lowest BCUT2D eigenvalue weighted by Crippen LogP contribution is -1.84. The fourth-order valence-corrected chi connectivity index (χ4v) is 0.861. The molecule has 0 aliphatic heterocycles. The predicted molar refractivity (Wildman–Crippen MR) is 46.3 cm³/mol. The van der Waals surface area contributed by atoms with Crippen LogP contribution in [-0.2, 0) is 4.79 Å². The molecule has 0 heterocycles. The molecule has 0 fully saturated rings. The summed E-state index contributed by atoms with van der Waals surface area (Å²) in [7, 11) is 0. The molecule has 0 atom stereocenters. The van der Waals surface area contributed by atoms with Crippen LogP contribution in [0.1, 0.15) is 5.56 Å². The number of hydrogen-bond acceptors (Lipinski definition) is 1. The van der Waals surface area contributed by atoms with Crippen molar-refractivity contribution < 1.29 is 13.6 Å². The molecule has 0 saturated heterocycles. The molecule has 0 bridgehead atoms. The van der Waals surface area contributed by atoms with E-state index < -0.39 is 16.9 Å². The second-order valence-corrected chi connectivity index (χ2v) is 2.68. The number of halogens is 3. The number of allylic oxidation sites excluding steroid dienone is 1. The van der Waals surface area contributed by atoms with E-state index in [0.717, 1.165) is 30.4 Å². The molecule has 1 aromatic carbocycles. The molecule has 0 aromatic heterocycles. The van der Waals surface area contributed by atoms with Gasteiger partial charge >= 0.3 is 0 Å². The molecule has 0 aliphatic carbocycles. The summed E-state index contributed by atoms with van der Waals surface area (Å²) in [6.07, 6.45) is 2.08. The molecule has 1 rings (SSSR count). The first kappa shape index (κ1) is 9.86. The van der Waals surface area contributed by atoms with Gasteiger partial charge in [-0.05, 0) is 42.0 Å². The number of carbonyl (C=O) groups excluding carboxylic acids is 1. The standard InChI is InChI=1S/C9H5ClF2O/c10-9(13)4-1-6-5-7(11)2-3-8(6)12/h1-5H/b4-1+. The number of hydrogen-bond donors (Lipinski definition) is 0. The number of rotatable bonds is 2. The van der Waals surface area contributed by atoms with Crippen LogP contribution in [0.3, 0.4) is 0 Å². The third kappa shape index (κ3) is 2.95. The van der Waals surface area contributed by atoms with Crippen LogP contribution in [0.5, 0.6) is 0 Å². The molecular formula is C9H5ClF2O. The van der Waals surface area contributed by atoms with Crippen molar-refractivity contribution in [2.24, 2.45) is 0 Å². The van der Waals surface area contributed by atoms with Crippen molar-refractivity contribution in [3.63, 3.8) is 0 Å². The largest absolute Gasteiger partial charge is 0.276 e. The normalized spacial score (nSPS) is 10.7. The lowest BCUT2D eigenvalue weighted by molar-refractivity contribution is -0.107. The zero-order valence-corrected chi connectivity index (χ0v) is 7.18. The summed E-state index contributed by atoms with van der Waals surface area (Å²) in [5, 5.41) is -0.733. The van der Waals surface area contributed by atoms with E-state index in [-0.39, 0.29) is 5.56 Å². The van der Waals surface area contributed by atoms with Gasteiger partial charge in [0.1, 0.15) is 11.6 Å². The Balaban J connectivity index is 3.00. The summed E-state index contributed by atoms with van der Waals surface area (Å²) in [4.78, 5) is 10.3. The van der Waals surface area contributed by atoms with Gasteiger partial charge in [-0.15, -0.1) is 0 Å².